The van der Waals surface area contributed by atoms with Gasteiger partial charge in [-0.1, -0.05) is 0 Å². The Morgan fingerprint density at radius 3 is 0.316 bits per heavy atom. The second-order valence-corrected chi connectivity index (χ2v) is 0. The van der Waals surface area contributed by atoms with E-state index in [1.165, 1.54) is 0 Å². The fourth-order valence-corrected chi connectivity index (χ4v) is 0. The molecule has 0 aliphatic heterocycles. The first-order chi connectivity index (χ1) is 9.00. The third kappa shape index (κ3) is 34100. The number of aliphatic hydroxyl groups excluding tert-OH is 5. The van der Waals surface area contributed by atoms with Crippen molar-refractivity contribution in [3.05, 3.63) is 0 Å². The fraction of sp³-hybridized carbons (Fsp3) is 1.00. The Kier molecular flexibility index (Phi) is 150000. The summed E-state index contributed by atoms with van der Waals surface area (Å²) >= 11 is 0. The van der Waals surface area contributed by atoms with E-state index in [1.54, 1.807) is 0 Å². The second-order valence-electron chi connectivity index (χ2n) is 0. The largest absolute Gasteiger partial charge is 0.857 e. The van der Waals surface area contributed by atoms with Gasteiger partial charge in [-0.3, -0.25) is 0 Å². The molecule has 0 rings (SSSR count). The molecule has 0 bridgehead atoms. The van der Waals surface area contributed by atoms with Crippen LogP contribution in [0.5, 0.6) is 0 Å². The van der Waals surface area contributed by atoms with Gasteiger partial charge in [-0.15, -0.1) is 0 Å². The van der Waals surface area contributed by atoms with Crippen molar-refractivity contribution >= 4 is 0 Å². The van der Waals surface area contributed by atoms with Crippen LogP contribution in [0.25, 0.3) is 0 Å². The Bertz CT molecular complexity index is 23.7. The van der Waals surface area contributed by atoms with Gasteiger partial charge in [-0.2, -0.15) is 28.4 Å². The third-order valence-corrected chi connectivity index (χ3v) is 0. The van der Waals surface area contributed by atoms with Crippen molar-refractivity contribution in [3.8, 4) is 0 Å². The molecule has 0 spiro atoms. The molecule has 0 saturated heterocycles. The maximum Gasteiger partial charge on any atom is 0.0319 e. The van der Waals surface area contributed by atoms with Crippen LogP contribution in [0.4, 0.5) is 0 Å². The van der Waals surface area contributed by atoms with Crippen molar-refractivity contribution in [2.24, 2.45) is 0 Å². The van der Waals surface area contributed by atoms with Crippen LogP contribution in [0.2, 0.25) is 0 Å². The van der Waals surface area contributed by atoms with Crippen molar-refractivity contribution in [1.29, 1.82) is 0 Å². The minimum Gasteiger partial charge on any atom is -0.857 e. The van der Waals surface area contributed by atoms with Gasteiger partial charge in [0.15, 0.2) is 0 Å². The molecule has 0 unspecified atom stereocenters. The summed E-state index contributed by atoms with van der Waals surface area (Å²) in [7, 11) is 8.00. The molecule has 0 atom stereocenters. The number of aliphatic hydroxyl groups is 5. The van der Waals surface area contributed by atoms with E-state index in [0.717, 1.165) is 64.0 Å². The maximum absolute atomic E-state index is 8.25. The van der Waals surface area contributed by atoms with Crippen molar-refractivity contribution in [1.82, 2.24) is 0 Å². The predicted molar refractivity (Wildman–Crippen MR) is 64.4 cm³/mol. The van der Waals surface area contributed by atoms with Crippen LogP contribution < -0.4 is 20.4 Å². The van der Waals surface area contributed by atoms with Crippen LogP contribution in [0.15, 0.2) is 0 Å². The molecule has 0 fully saturated rings. The Hall–Kier alpha value is 0.380. The van der Waals surface area contributed by atoms with Gasteiger partial charge in [0.05, 0.1) is 0 Å². The van der Waals surface area contributed by atoms with E-state index in [4.69, 9.17) is 46.0 Å². The molecule has 19 heavy (non-hydrogen) atoms. The number of hydrogen-bond acceptors (Lipinski definition) is 9. The molecule has 0 aliphatic carbocycles. The van der Waals surface area contributed by atoms with Gasteiger partial charge in [-0.05, 0) is 0 Å². The molecule has 1 radical (unpaired) electrons. The average Bonchev–Trinajstić information content (AvgIpc) is 2.63. The first-order valence-electron chi connectivity index (χ1n) is 3.87. The molecule has 10 heteroatoms. The van der Waals surface area contributed by atoms with Gasteiger partial charge in [0.1, 0.15) is 0 Å². The van der Waals surface area contributed by atoms with Gasteiger partial charge < -0.3 is 46.0 Å². The molecule has 0 amide bonds. The first-order valence-corrected chi connectivity index (χ1v) is 3.87. The molecule has 131 valence electrons. The molecule has 0 aromatic rings. The minimum atomic E-state index is 0. The fourth-order valence-electron chi connectivity index (χ4n) is 0. The van der Waals surface area contributed by atoms with Gasteiger partial charge in [0.25, 0.3) is 0 Å². The summed E-state index contributed by atoms with van der Waals surface area (Å²) in [6.07, 6.45) is 0. The Labute approximate surface area is 132 Å². The molecule has 0 aliphatic rings. The number of hydrogen-bond donors (Lipinski definition) is 5. The molecule has 0 saturated carbocycles. The normalized spacial score (nSPS) is 2.84. The van der Waals surface area contributed by atoms with Crippen molar-refractivity contribution < 1.29 is 68.3 Å². The quantitative estimate of drug-likeness (QED) is 0.255. The van der Waals surface area contributed by atoms with Gasteiger partial charge in [-0.25, -0.2) is 0 Å². The van der Waals surface area contributed by atoms with Crippen molar-refractivity contribution in [3.63, 3.8) is 0 Å². The molecular weight excluding hydrogens is 345 g/mol. The Morgan fingerprint density at radius 1 is 0.316 bits per heavy atom. The molecule has 0 heterocycles. The van der Waals surface area contributed by atoms with Crippen LogP contribution in [-0.2, 0) is 22.4 Å². The topological polar surface area (TPSA) is 193 Å². The van der Waals surface area contributed by atoms with Crippen LogP contribution in [0, 0.1) is 0 Å². The van der Waals surface area contributed by atoms with E-state index in [1.807, 2.05) is 0 Å². The maximum atomic E-state index is 8.25. The van der Waals surface area contributed by atoms with Crippen LogP contribution in [0.3, 0.4) is 0 Å². The summed E-state index contributed by atoms with van der Waals surface area (Å²) in [6, 6.07) is 0. The average molecular weight is 377 g/mol. The van der Waals surface area contributed by atoms with Crippen LogP contribution >= 0.6 is 0 Å². The molecule has 0 aromatic heterocycles. The summed E-state index contributed by atoms with van der Waals surface area (Å²) in [5.41, 5.74) is 0. The SMILES string of the molecule is CO.CO.CO.CO.CO.C[O-].C[O-].C[O-].C[O-].[Nb]. The zero-order valence-electron chi connectivity index (χ0n) is 13.3. The van der Waals surface area contributed by atoms with Gasteiger partial charge in [0, 0.05) is 57.9 Å². The van der Waals surface area contributed by atoms with E-state index in [0.29, 0.717) is 0 Å². The monoisotopic (exact) mass is 377 g/mol. The Morgan fingerprint density at radius 2 is 0.316 bits per heavy atom. The molecule has 0 aromatic carbocycles. The molecule has 5 N–H and O–H groups in total. The summed E-state index contributed by atoms with van der Waals surface area (Å²) in [5.74, 6) is 0. The predicted octanol–water partition coefficient (Wildman–Crippen LogP) is -6.05. The Balaban J connectivity index is -0.00000000596. The first kappa shape index (κ1) is 74.4. The van der Waals surface area contributed by atoms with Crippen LogP contribution in [-0.4, -0.2) is 89.5 Å². The van der Waals surface area contributed by atoms with E-state index < -0.39 is 0 Å². The van der Waals surface area contributed by atoms with Gasteiger partial charge in [0.2, 0.25) is 0 Å². The summed E-state index contributed by atoms with van der Waals surface area (Å²) in [5, 5.41) is 68.0. The van der Waals surface area contributed by atoms with Crippen molar-refractivity contribution in [2.45, 2.75) is 0 Å². The molecule has 9 nitrogen and oxygen atoms in total. The van der Waals surface area contributed by atoms with E-state index >= 15 is 0 Å². The van der Waals surface area contributed by atoms with E-state index in [2.05, 4.69) is 0 Å². The zero-order chi connectivity index (χ0) is 18.0. The van der Waals surface area contributed by atoms with Gasteiger partial charge >= 0.3 is 0 Å². The summed E-state index contributed by atoms with van der Waals surface area (Å²) in [6.45, 7) is 0. The summed E-state index contributed by atoms with van der Waals surface area (Å²) < 4.78 is 0. The molecular formula is C9H32NbO9-4. The second kappa shape index (κ2) is 38400. The van der Waals surface area contributed by atoms with Crippen molar-refractivity contribution in [2.75, 3.05) is 64.0 Å². The summed E-state index contributed by atoms with van der Waals surface area (Å²) in [4.78, 5) is 0. The minimum absolute atomic E-state index is 0. The standard InChI is InChI=1S/5CH4O.4CH3O.Nb/c9*1-2;/h5*2H,1H3;4*1H3;/q;;;;;4*-1;. The number of rotatable bonds is 0. The van der Waals surface area contributed by atoms with E-state index in [-0.39, 0.29) is 22.4 Å². The zero-order valence-corrected chi connectivity index (χ0v) is 15.5. The van der Waals surface area contributed by atoms with Crippen LogP contribution in [0.1, 0.15) is 0 Å². The van der Waals surface area contributed by atoms with E-state index in [9.17, 15) is 0 Å². The smallest absolute Gasteiger partial charge is 0.0319 e. The third-order valence-electron chi connectivity index (χ3n) is 0.